The van der Waals surface area contributed by atoms with E-state index >= 15 is 0 Å². The van der Waals surface area contributed by atoms with E-state index in [2.05, 4.69) is 4.98 Å². The molecule has 0 saturated carbocycles. The van der Waals surface area contributed by atoms with Crippen LogP contribution in [-0.2, 0) is 24.6 Å². The highest BCUT2D eigenvalue weighted by Gasteiger charge is 2.30. The first-order valence-electron chi connectivity index (χ1n) is 7.97. The lowest BCUT2D eigenvalue weighted by molar-refractivity contribution is -0.137. The van der Waals surface area contributed by atoms with E-state index in [-0.39, 0.29) is 18.7 Å². The Morgan fingerprint density at radius 3 is 2.58 bits per heavy atom. The van der Waals surface area contributed by atoms with Crippen LogP contribution < -0.4 is 5.69 Å². The predicted octanol–water partition coefficient (Wildman–Crippen LogP) is 3.40. The van der Waals surface area contributed by atoms with Crippen LogP contribution in [0.1, 0.15) is 18.9 Å². The number of hydrogen-bond donors (Lipinski definition) is 0. The van der Waals surface area contributed by atoms with Crippen LogP contribution in [0.4, 0.5) is 13.2 Å². The molecule has 0 saturated heterocycles. The fourth-order valence-corrected chi connectivity index (χ4v) is 2.75. The topological polar surface area (TPSA) is 56.9 Å². The highest BCUT2D eigenvalue weighted by atomic mass is 19.4. The Balaban J connectivity index is 2.16. The van der Waals surface area contributed by atoms with Crippen molar-refractivity contribution in [1.82, 2.24) is 14.1 Å². The molecule has 2 aromatic heterocycles. The molecule has 0 spiro atoms. The summed E-state index contributed by atoms with van der Waals surface area (Å²) < 4.78 is 41.4. The molecule has 0 N–H and O–H groups in total. The predicted molar refractivity (Wildman–Crippen MR) is 90.7 cm³/mol. The fourth-order valence-electron chi connectivity index (χ4n) is 2.75. The fraction of sp³-hybridized carbons (Fsp3) is 0.278. The summed E-state index contributed by atoms with van der Waals surface area (Å²) in [4.78, 5) is 28.4. The van der Waals surface area contributed by atoms with Gasteiger partial charge in [0.15, 0.2) is 11.4 Å². The number of rotatable bonds is 4. The molecule has 1 aromatic carbocycles. The largest absolute Gasteiger partial charge is 0.416 e. The third-order valence-electron chi connectivity index (χ3n) is 4.23. The molecule has 0 amide bonds. The number of carbonyl (C=O) groups excluding carboxylic acids is 1. The minimum Gasteiger partial charge on any atom is -0.298 e. The molecule has 3 rings (SSSR count). The average molecular weight is 363 g/mol. The average Bonchev–Trinajstić information content (AvgIpc) is 2.85. The number of aromatic nitrogens is 3. The lowest BCUT2D eigenvalue weighted by atomic mass is 10.0. The number of fused-ring (bicyclic) bond motifs is 1. The summed E-state index contributed by atoms with van der Waals surface area (Å²) in [6.07, 6.45) is -2.75. The molecule has 0 fully saturated rings. The lowest BCUT2D eigenvalue weighted by Crippen LogP contribution is -2.25. The number of imidazole rings is 1. The van der Waals surface area contributed by atoms with Gasteiger partial charge in [-0.15, -0.1) is 0 Å². The number of hydrogen-bond acceptors (Lipinski definition) is 3. The van der Waals surface area contributed by atoms with Crippen molar-refractivity contribution in [2.75, 3.05) is 0 Å². The van der Waals surface area contributed by atoms with E-state index in [1.54, 1.807) is 19.1 Å². The molecule has 136 valence electrons. The van der Waals surface area contributed by atoms with Gasteiger partial charge >= 0.3 is 11.9 Å². The van der Waals surface area contributed by atoms with Gasteiger partial charge < -0.3 is 0 Å². The van der Waals surface area contributed by atoms with Crippen molar-refractivity contribution in [1.29, 1.82) is 0 Å². The Morgan fingerprint density at radius 2 is 1.92 bits per heavy atom. The van der Waals surface area contributed by atoms with Crippen LogP contribution in [0.15, 0.2) is 41.3 Å². The van der Waals surface area contributed by atoms with Gasteiger partial charge in [-0.2, -0.15) is 13.2 Å². The van der Waals surface area contributed by atoms with Gasteiger partial charge in [-0.1, -0.05) is 19.1 Å². The molecule has 3 aromatic rings. The number of Topliss-reactive ketones (excluding diaryl/α,β-unsaturated/α-hetero) is 1. The highest BCUT2D eigenvalue weighted by molar-refractivity contribution is 5.83. The van der Waals surface area contributed by atoms with Crippen LogP contribution in [-0.4, -0.2) is 19.9 Å². The Labute approximate surface area is 146 Å². The summed E-state index contributed by atoms with van der Waals surface area (Å²) in [5.74, 6) is -0.121. The van der Waals surface area contributed by atoms with E-state index in [1.165, 1.54) is 28.4 Å². The molecule has 0 aliphatic heterocycles. The number of ketones is 1. The Bertz CT molecular complexity index is 1050. The minimum absolute atomic E-state index is 0.0968. The Morgan fingerprint density at radius 1 is 1.19 bits per heavy atom. The Kier molecular flexibility index (Phi) is 4.43. The maximum Gasteiger partial charge on any atom is 0.416 e. The van der Waals surface area contributed by atoms with Gasteiger partial charge in [0, 0.05) is 25.2 Å². The second kappa shape index (κ2) is 6.44. The Hall–Kier alpha value is -2.90. The highest BCUT2D eigenvalue weighted by Crippen LogP contribution is 2.32. The van der Waals surface area contributed by atoms with Crippen molar-refractivity contribution in [3.8, 4) is 11.1 Å². The smallest absolute Gasteiger partial charge is 0.298 e. The lowest BCUT2D eigenvalue weighted by Gasteiger charge is -2.09. The van der Waals surface area contributed by atoms with Crippen molar-refractivity contribution >= 4 is 16.9 Å². The molecular weight excluding hydrogens is 347 g/mol. The molecule has 0 bridgehead atoms. The summed E-state index contributed by atoms with van der Waals surface area (Å²) in [6.45, 7) is 1.60. The molecule has 0 aliphatic rings. The quantitative estimate of drug-likeness (QED) is 0.714. The monoisotopic (exact) mass is 363 g/mol. The molecule has 0 aliphatic carbocycles. The normalized spacial score (nSPS) is 11.9. The molecule has 5 nitrogen and oxygen atoms in total. The molecule has 0 unspecified atom stereocenters. The molecule has 2 heterocycles. The minimum atomic E-state index is -4.45. The van der Waals surface area contributed by atoms with Gasteiger partial charge in [0.1, 0.15) is 0 Å². The number of alkyl halides is 3. The third-order valence-corrected chi connectivity index (χ3v) is 4.23. The number of benzene rings is 1. The second-order valence-corrected chi connectivity index (χ2v) is 5.97. The van der Waals surface area contributed by atoms with E-state index in [9.17, 15) is 22.8 Å². The zero-order valence-electron chi connectivity index (χ0n) is 14.2. The third kappa shape index (κ3) is 3.14. The van der Waals surface area contributed by atoms with Gasteiger partial charge in [0.25, 0.3) is 0 Å². The number of aryl methyl sites for hydroxylation is 1. The molecule has 0 atom stereocenters. The van der Waals surface area contributed by atoms with Crippen molar-refractivity contribution in [2.45, 2.75) is 26.1 Å². The van der Waals surface area contributed by atoms with E-state index < -0.39 is 17.4 Å². The van der Waals surface area contributed by atoms with Gasteiger partial charge in [-0.3, -0.25) is 13.9 Å². The van der Waals surface area contributed by atoms with E-state index in [1.807, 2.05) is 0 Å². The summed E-state index contributed by atoms with van der Waals surface area (Å²) in [5.41, 5.74) is 0.395. The number of pyridine rings is 1. The first-order valence-corrected chi connectivity index (χ1v) is 7.97. The van der Waals surface area contributed by atoms with Crippen LogP contribution >= 0.6 is 0 Å². The second-order valence-electron chi connectivity index (χ2n) is 5.97. The van der Waals surface area contributed by atoms with E-state index in [0.29, 0.717) is 22.3 Å². The maximum atomic E-state index is 12.9. The number of halogens is 3. The molecule has 26 heavy (non-hydrogen) atoms. The zero-order chi connectivity index (χ0) is 19.1. The first-order chi connectivity index (χ1) is 12.2. The summed E-state index contributed by atoms with van der Waals surface area (Å²) in [7, 11) is 1.54. The first kappa shape index (κ1) is 17.9. The summed E-state index contributed by atoms with van der Waals surface area (Å²) in [5, 5.41) is 0. The standard InChI is InChI=1S/C18H16F3N3O2/c1-3-14(25)10-24-15-8-12(9-22-16(15)23(2)17(24)26)11-5-4-6-13(7-11)18(19,20)21/h4-9H,3,10H2,1-2H3. The molecule has 0 radical (unpaired) electrons. The van der Waals surface area contributed by atoms with Crippen LogP contribution in [0.5, 0.6) is 0 Å². The maximum absolute atomic E-state index is 12.9. The molecule has 8 heteroatoms. The van der Waals surface area contributed by atoms with Gasteiger partial charge in [-0.25, -0.2) is 9.78 Å². The summed E-state index contributed by atoms with van der Waals surface area (Å²) in [6, 6.07) is 6.48. The molecular formula is C18H16F3N3O2. The van der Waals surface area contributed by atoms with Gasteiger partial charge in [0.2, 0.25) is 0 Å². The van der Waals surface area contributed by atoms with Crippen molar-refractivity contribution in [2.24, 2.45) is 7.05 Å². The number of carbonyl (C=O) groups is 1. The SMILES string of the molecule is CCC(=O)Cn1c(=O)n(C)c2ncc(-c3cccc(C(F)(F)F)c3)cc21. The van der Waals surface area contributed by atoms with Gasteiger partial charge in [-0.05, 0) is 23.8 Å². The number of nitrogens with zero attached hydrogens (tertiary/aromatic N) is 3. The van der Waals surface area contributed by atoms with Crippen LogP contribution in [0.3, 0.4) is 0 Å². The van der Waals surface area contributed by atoms with E-state index in [0.717, 1.165) is 12.1 Å². The zero-order valence-corrected chi connectivity index (χ0v) is 14.2. The van der Waals surface area contributed by atoms with Crippen LogP contribution in [0.2, 0.25) is 0 Å². The summed E-state index contributed by atoms with van der Waals surface area (Å²) >= 11 is 0. The van der Waals surface area contributed by atoms with E-state index in [4.69, 9.17) is 0 Å². The van der Waals surface area contributed by atoms with Crippen LogP contribution in [0.25, 0.3) is 22.3 Å². The van der Waals surface area contributed by atoms with Crippen LogP contribution in [0, 0.1) is 0 Å². The van der Waals surface area contributed by atoms with Crippen molar-refractivity contribution in [3.05, 3.63) is 52.6 Å². The van der Waals surface area contributed by atoms with Gasteiger partial charge in [0.05, 0.1) is 17.6 Å². The van der Waals surface area contributed by atoms with Crippen molar-refractivity contribution < 1.29 is 18.0 Å². The van der Waals surface area contributed by atoms with Crippen molar-refractivity contribution in [3.63, 3.8) is 0 Å².